The summed E-state index contributed by atoms with van der Waals surface area (Å²) >= 11 is 0. The summed E-state index contributed by atoms with van der Waals surface area (Å²) in [7, 11) is -1.02. The van der Waals surface area contributed by atoms with Crippen LogP contribution in [0.4, 0.5) is 0 Å². The first-order valence-corrected chi connectivity index (χ1v) is 35.2. The number of allylic oxidation sites excluding steroid dienone is 5. The van der Waals surface area contributed by atoms with Crippen molar-refractivity contribution in [1.29, 1.82) is 0 Å². The number of carbonyl (C=O) groups excluding carboxylic acids is 4. The van der Waals surface area contributed by atoms with Crippen LogP contribution in [0.5, 0.6) is 0 Å². The van der Waals surface area contributed by atoms with Gasteiger partial charge in [0.2, 0.25) is 5.79 Å². The van der Waals surface area contributed by atoms with Gasteiger partial charge in [-0.2, -0.15) is 0 Å². The van der Waals surface area contributed by atoms with Crippen LogP contribution in [0.3, 0.4) is 0 Å². The Kier molecular flexibility index (Phi) is 27.5. The zero-order valence-corrected chi connectivity index (χ0v) is 52.5. The van der Waals surface area contributed by atoms with E-state index in [1.165, 1.54) is 4.90 Å². The Bertz CT molecular complexity index is 2030. The fourth-order valence-corrected chi connectivity index (χ4v) is 18.4. The molecule has 0 spiro atoms. The summed E-state index contributed by atoms with van der Waals surface area (Å²) in [5.41, 5.74) is 8.69. The SMILES string of the molecule is CC[Si](CC)(CC)OC1CC[C@@H](C[C@@H](N)[C@@H]2C[C@@H](O)[C@H](C)/C=C(\C)C(O[Si](CC)(CC)CC)[C@@H](O)C(=O)[C@H](C)C[C@H](C)/C=C/C=C/C=C(\C)[C@@H](OC)C[C@@H]3CC[C@@H](C)[C@@](O)(O3)C(=O)C(=O)N3CCCC[C@H]3C(=O)O2)C[C@H]1OC. The van der Waals surface area contributed by atoms with E-state index in [4.69, 9.17) is 33.5 Å². The molecule has 3 heterocycles. The quantitative estimate of drug-likeness (QED) is 0.0520. The maximum Gasteiger partial charge on any atom is 0.329 e. The first-order chi connectivity index (χ1) is 36.9. The molecule has 4 rings (SSSR count). The zero-order chi connectivity index (χ0) is 58.1. The predicted octanol–water partition coefficient (Wildman–Crippen LogP) is 10.1. The predicted molar refractivity (Wildman–Crippen MR) is 312 cm³/mol. The monoisotopic (exact) mass is 1130 g/mol. The Morgan fingerprint density at radius 3 is 2.01 bits per heavy atom. The van der Waals surface area contributed by atoms with Crippen molar-refractivity contribution in [2.24, 2.45) is 35.3 Å². The fraction of sp³-hybridized carbons (Fsp3) is 0.803. The molecule has 2 unspecified atom stereocenters. The molecule has 3 aliphatic heterocycles. The lowest BCUT2D eigenvalue weighted by molar-refractivity contribution is -0.265. The standard InChI is InChI=1S/C61H106N2O13Si2/c1-15-77(16-2,17-3)75-51-32-30-46(37-54(51)72-14)36-48(62)53-39-50(64)42(9)35-44(11)57(76-78(18-4,19-5)20-6)56(66)55(65)43(10)34-40(7)26-22-21-23-27-41(8)52(71-13)38-47-31-29-45(12)61(70,74-47)58(67)59(68)63-33-25-24-28-49(63)60(69)73-53/h21-23,26-27,35,40,42-43,45-54,56-57,64,66,70H,15-20,24-25,28-34,36-39,62H2,1-14H3/b23-21+,26-22+,41-27+,44-35+/t40-,42-,43-,45-,46+,47+,48-,49+,50-,51?,52+,53+,54-,56+,57?,61-/m1/s1. The van der Waals surface area contributed by atoms with Crippen molar-refractivity contribution in [2.75, 3.05) is 20.8 Å². The number of hydrogen-bond donors (Lipinski definition) is 4. The van der Waals surface area contributed by atoms with Crippen LogP contribution in [0.25, 0.3) is 0 Å². The van der Waals surface area contributed by atoms with Crippen molar-refractivity contribution < 1.29 is 62.3 Å². The Morgan fingerprint density at radius 2 is 1.40 bits per heavy atom. The van der Waals surface area contributed by atoms with Crippen LogP contribution < -0.4 is 5.73 Å². The molecule has 446 valence electrons. The highest BCUT2D eigenvalue weighted by Crippen LogP contribution is 2.39. The van der Waals surface area contributed by atoms with Crippen LogP contribution in [-0.2, 0) is 47.0 Å². The molecule has 0 radical (unpaired) electrons. The minimum atomic E-state index is -2.44. The number of Topliss-reactive ketones (excluding diaryl/α,β-unsaturated/α-hetero) is 2. The molecule has 15 nitrogen and oxygen atoms in total. The Morgan fingerprint density at radius 1 is 0.756 bits per heavy atom. The molecule has 17 heteroatoms. The molecule has 1 aliphatic carbocycles. The average Bonchev–Trinajstić information content (AvgIpc) is 3.50. The molecule has 1 saturated carbocycles. The lowest BCUT2D eigenvalue weighted by atomic mass is 9.80. The largest absolute Gasteiger partial charge is 0.459 e. The van der Waals surface area contributed by atoms with Gasteiger partial charge in [-0.15, -0.1) is 0 Å². The first-order valence-electron chi connectivity index (χ1n) is 30.2. The molecule has 2 bridgehead atoms. The molecule has 0 aromatic rings. The highest BCUT2D eigenvalue weighted by molar-refractivity contribution is 6.74. The van der Waals surface area contributed by atoms with Crippen molar-refractivity contribution >= 4 is 40.1 Å². The molecule has 4 aliphatic rings. The lowest BCUT2D eigenvalue weighted by Gasteiger charge is -2.43. The zero-order valence-electron chi connectivity index (χ0n) is 50.5. The molecule has 5 N–H and O–H groups in total. The number of aliphatic hydroxyl groups is 3. The maximum atomic E-state index is 14.8. The Balaban J connectivity index is 1.78. The number of ketones is 2. The number of methoxy groups -OCH3 is 2. The number of ether oxygens (including phenoxy) is 4. The van der Waals surface area contributed by atoms with Crippen molar-refractivity contribution in [3.63, 3.8) is 0 Å². The Hall–Kier alpha value is -2.69. The normalized spacial score (nSPS) is 37.1. The van der Waals surface area contributed by atoms with E-state index in [0.29, 0.717) is 56.9 Å². The van der Waals surface area contributed by atoms with E-state index in [1.807, 2.05) is 71.1 Å². The van der Waals surface area contributed by atoms with E-state index in [0.717, 1.165) is 54.7 Å². The number of rotatable bonds is 15. The van der Waals surface area contributed by atoms with Gasteiger partial charge in [0.1, 0.15) is 18.2 Å². The van der Waals surface area contributed by atoms with E-state index in [1.54, 1.807) is 21.1 Å². The second-order valence-electron chi connectivity index (χ2n) is 23.9. The maximum absolute atomic E-state index is 14.8. The fourth-order valence-electron chi connectivity index (χ4n) is 12.7. The highest BCUT2D eigenvalue weighted by atomic mass is 28.4. The van der Waals surface area contributed by atoms with Crippen LogP contribution in [0.2, 0.25) is 36.3 Å². The van der Waals surface area contributed by atoms with Crippen LogP contribution in [0.15, 0.2) is 47.6 Å². The van der Waals surface area contributed by atoms with Gasteiger partial charge in [0.25, 0.3) is 11.7 Å². The third kappa shape index (κ3) is 17.7. The number of hydrogen-bond acceptors (Lipinski definition) is 14. The summed E-state index contributed by atoms with van der Waals surface area (Å²) < 4.78 is 38.6. The molecular weight excluding hydrogens is 1020 g/mol. The van der Waals surface area contributed by atoms with Crippen molar-refractivity contribution in [1.82, 2.24) is 4.90 Å². The minimum absolute atomic E-state index is 0.00295. The third-order valence-electron chi connectivity index (χ3n) is 18.8. The van der Waals surface area contributed by atoms with Gasteiger partial charge in [-0.05, 0) is 137 Å². The number of fused-ring (bicyclic) bond motifs is 3. The number of carbonyl (C=O) groups is 4. The number of nitrogens with two attached hydrogens (primary N) is 1. The van der Waals surface area contributed by atoms with Gasteiger partial charge in [0.05, 0.1) is 36.6 Å². The van der Waals surface area contributed by atoms with Crippen LogP contribution in [0.1, 0.15) is 160 Å². The minimum Gasteiger partial charge on any atom is -0.459 e. The Labute approximate surface area is 472 Å². The lowest BCUT2D eigenvalue weighted by Crippen LogP contribution is -2.61. The number of nitrogens with zero attached hydrogens (tertiary/aromatic N) is 1. The van der Waals surface area contributed by atoms with Gasteiger partial charge in [-0.3, -0.25) is 14.4 Å². The van der Waals surface area contributed by atoms with Crippen molar-refractivity contribution in [3.05, 3.63) is 47.6 Å². The number of amides is 1. The summed E-state index contributed by atoms with van der Waals surface area (Å²) in [5, 5.41) is 36.4. The number of esters is 1. The van der Waals surface area contributed by atoms with Crippen molar-refractivity contribution in [3.8, 4) is 0 Å². The smallest absolute Gasteiger partial charge is 0.329 e. The van der Waals surface area contributed by atoms with E-state index in [2.05, 4.69) is 41.5 Å². The number of aliphatic hydroxyl groups excluding tert-OH is 2. The van der Waals surface area contributed by atoms with E-state index in [9.17, 15) is 34.5 Å². The summed E-state index contributed by atoms with van der Waals surface area (Å²) in [4.78, 5) is 59.2. The topological polar surface area (TPSA) is 214 Å². The van der Waals surface area contributed by atoms with Crippen LogP contribution in [0, 0.1) is 29.6 Å². The van der Waals surface area contributed by atoms with Gasteiger partial charge >= 0.3 is 5.97 Å². The van der Waals surface area contributed by atoms with Gasteiger partial charge in [0, 0.05) is 57.4 Å². The number of piperidine rings is 1. The van der Waals surface area contributed by atoms with E-state index in [-0.39, 0.29) is 49.2 Å². The summed E-state index contributed by atoms with van der Waals surface area (Å²) in [5.74, 6) is -7.30. The molecule has 2 saturated heterocycles. The molecule has 78 heavy (non-hydrogen) atoms. The van der Waals surface area contributed by atoms with Crippen LogP contribution >= 0.6 is 0 Å². The van der Waals surface area contributed by atoms with Gasteiger partial charge < -0.3 is 53.8 Å². The second-order valence-corrected chi connectivity index (χ2v) is 33.4. The molecule has 1 amide bonds. The highest BCUT2D eigenvalue weighted by Gasteiger charge is 2.53. The summed E-state index contributed by atoms with van der Waals surface area (Å²) in [6, 6.07) is 3.58. The van der Waals surface area contributed by atoms with E-state index < -0.39 is 107 Å². The van der Waals surface area contributed by atoms with Crippen molar-refractivity contribution in [2.45, 2.75) is 263 Å². The first kappa shape index (κ1) is 67.8. The number of cyclic esters (lactones) is 1. The van der Waals surface area contributed by atoms with E-state index >= 15 is 0 Å². The average molecular weight is 1130 g/mol. The summed E-state index contributed by atoms with van der Waals surface area (Å²) in [6.07, 6.45) is 11.6. The molecule has 0 aromatic heterocycles. The van der Waals surface area contributed by atoms with Gasteiger partial charge in [0.15, 0.2) is 22.4 Å². The summed E-state index contributed by atoms with van der Waals surface area (Å²) in [6.45, 7) is 24.3. The second kappa shape index (κ2) is 31.7. The third-order valence-corrected chi connectivity index (χ3v) is 28.1. The molecule has 3 fully saturated rings. The molecule has 0 aromatic carbocycles. The van der Waals surface area contributed by atoms with Gasteiger partial charge in [-0.1, -0.05) is 106 Å². The van der Waals surface area contributed by atoms with Gasteiger partial charge in [-0.25, -0.2) is 4.79 Å². The molecular formula is C61H106N2O13Si2. The molecule has 16 atom stereocenters. The van der Waals surface area contributed by atoms with Crippen LogP contribution in [-0.4, -0.2) is 148 Å².